The first kappa shape index (κ1) is 17.0. The number of aliphatic hydroxyl groups is 1. The molecule has 126 valence electrons. The predicted molar refractivity (Wildman–Crippen MR) is 95.7 cm³/mol. The highest BCUT2D eigenvalue weighted by Crippen LogP contribution is 2.21. The molecule has 0 radical (unpaired) electrons. The summed E-state index contributed by atoms with van der Waals surface area (Å²) in [5, 5.41) is 28.1. The van der Waals surface area contributed by atoms with Crippen molar-refractivity contribution in [3.63, 3.8) is 0 Å². The van der Waals surface area contributed by atoms with Crippen LogP contribution in [0.5, 0.6) is 0 Å². The van der Waals surface area contributed by atoms with Gasteiger partial charge in [0, 0.05) is 18.1 Å². The molecule has 0 saturated carbocycles. The van der Waals surface area contributed by atoms with Crippen LogP contribution in [0.1, 0.15) is 11.3 Å². The van der Waals surface area contributed by atoms with E-state index in [1.807, 2.05) is 41.3 Å². The van der Waals surface area contributed by atoms with Crippen LogP contribution in [-0.4, -0.2) is 33.3 Å². The first-order valence-corrected chi connectivity index (χ1v) is 8.12. The lowest BCUT2D eigenvalue weighted by atomic mass is 10.2. The third kappa shape index (κ3) is 3.97. The number of hydrogen-bond acceptors (Lipinski definition) is 5. The van der Waals surface area contributed by atoms with Gasteiger partial charge in [-0.15, -0.1) is 15.0 Å². The molecule has 0 spiro atoms. The van der Waals surface area contributed by atoms with Gasteiger partial charge in [0.25, 0.3) is 0 Å². The SMILES string of the molecule is N#Cc1nn(-c2cccc(Cl)c2)nc1N(CCO)Cc1ccccc1. The van der Waals surface area contributed by atoms with E-state index >= 15 is 0 Å². The Morgan fingerprint density at radius 2 is 1.92 bits per heavy atom. The normalized spacial score (nSPS) is 10.4. The molecular formula is C18H16ClN5O. The van der Waals surface area contributed by atoms with Crippen LogP contribution in [0.3, 0.4) is 0 Å². The van der Waals surface area contributed by atoms with Crippen molar-refractivity contribution in [3.05, 3.63) is 70.9 Å². The Kier molecular flexibility index (Phi) is 5.29. The second-order valence-corrected chi connectivity index (χ2v) is 5.82. The van der Waals surface area contributed by atoms with Crippen LogP contribution in [0.2, 0.25) is 5.02 Å². The first-order valence-electron chi connectivity index (χ1n) is 7.74. The first-order chi connectivity index (χ1) is 12.2. The van der Waals surface area contributed by atoms with E-state index in [1.54, 1.807) is 18.2 Å². The van der Waals surface area contributed by atoms with E-state index in [2.05, 4.69) is 16.3 Å². The average Bonchev–Trinajstić information content (AvgIpc) is 3.07. The minimum atomic E-state index is -0.0538. The molecule has 0 aliphatic carbocycles. The molecule has 25 heavy (non-hydrogen) atoms. The van der Waals surface area contributed by atoms with Crippen molar-refractivity contribution >= 4 is 17.4 Å². The van der Waals surface area contributed by atoms with E-state index in [0.29, 0.717) is 29.6 Å². The third-order valence-corrected chi connectivity index (χ3v) is 3.86. The van der Waals surface area contributed by atoms with Gasteiger partial charge in [-0.2, -0.15) is 5.26 Å². The molecule has 0 atom stereocenters. The standard InChI is InChI=1S/C18H16ClN5O/c19-15-7-4-8-16(11-15)24-21-17(12-20)18(22-24)23(9-10-25)13-14-5-2-1-3-6-14/h1-8,11,25H,9-10,13H2. The Morgan fingerprint density at radius 3 is 2.60 bits per heavy atom. The lowest BCUT2D eigenvalue weighted by Crippen LogP contribution is -2.27. The molecule has 0 aliphatic heterocycles. The average molecular weight is 354 g/mol. The molecule has 1 heterocycles. The molecule has 0 fully saturated rings. The molecule has 0 amide bonds. The number of aromatic nitrogens is 3. The van der Waals surface area contributed by atoms with Gasteiger partial charge in [0.15, 0.2) is 5.82 Å². The van der Waals surface area contributed by atoms with Crippen molar-refractivity contribution in [2.24, 2.45) is 0 Å². The van der Waals surface area contributed by atoms with Crippen LogP contribution in [0, 0.1) is 11.3 Å². The predicted octanol–water partition coefficient (Wildman–Crippen LogP) is 2.79. The van der Waals surface area contributed by atoms with Gasteiger partial charge < -0.3 is 10.0 Å². The largest absolute Gasteiger partial charge is 0.395 e. The fourth-order valence-electron chi connectivity index (χ4n) is 2.48. The third-order valence-electron chi connectivity index (χ3n) is 3.63. The Morgan fingerprint density at radius 1 is 1.12 bits per heavy atom. The van der Waals surface area contributed by atoms with E-state index in [0.717, 1.165) is 5.56 Å². The smallest absolute Gasteiger partial charge is 0.207 e. The van der Waals surface area contributed by atoms with E-state index < -0.39 is 0 Å². The Bertz CT molecular complexity index is 888. The number of anilines is 1. The van der Waals surface area contributed by atoms with Crippen LogP contribution in [0.25, 0.3) is 5.69 Å². The van der Waals surface area contributed by atoms with Crippen molar-refractivity contribution in [1.29, 1.82) is 5.26 Å². The maximum atomic E-state index is 9.44. The summed E-state index contributed by atoms with van der Waals surface area (Å²) >= 11 is 6.02. The van der Waals surface area contributed by atoms with Gasteiger partial charge in [0.1, 0.15) is 6.07 Å². The van der Waals surface area contributed by atoms with E-state index in [-0.39, 0.29) is 12.3 Å². The zero-order valence-electron chi connectivity index (χ0n) is 13.4. The summed E-state index contributed by atoms with van der Waals surface area (Å²) in [6.45, 7) is 0.809. The maximum Gasteiger partial charge on any atom is 0.207 e. The molecule has 7 heteroatoms. The zero-order chi connectivity index (χ0) is 17.6. The summed E-state index contributed by atoms with van der Waals surface area (Å²) in [7, 11) is 0. The summed E-state index contributed by atoms with van der Waals surface area (Å²) in [6, 6.07) is 19.0. The number of halogens is 1. The summed E-state index contributed by atoms with van der Waals surface area (Å²) in [6.07, 6.45) is 0. The molecule has 0 bridgehead atoms. The molecule has 0 unspecified atom stereocenters. The highest BCUT2D eigenvalue weighted by Gasteiger charge is 2.19. The van der Waals surface area contributed by atoms with E-state index in [9.17, 15) is 10.4 Å². The van der Waals surface area contributed by atoms with Gasteiger partial charge in [0.05, 0.1) is 12.3 Å². The number of nitriles is 1. The molecule has 3 rings (SSSR count). The lowest BCUT2D eigenvalue weighted by molar-refractivity contribution is 0.301. The van der Waals surface area contributed by atoms with Crippen LogP contribution >= 0.6 is 11.6 Å². The summed E-state index contributed by atoms with van der Waals surface area (Å²) in [5.74, 6) is 0.431. The van der Waals surface area contributed by atoms with E-state index in [1.165, 1.54) is 4.80 Å². The van der Waals surface area contributed by atoms with Crippen molar-refractivity contribution in [3.8, 4) is 11.8 Å². The Hall–Kier alpha value is -2.88. The van der Waals surface area contributed by atoms with Gasteiger partial charge in [-0.1, -0.05) is 48.0 Å². The fraction of sp³-hybridized carbons (Fsp3) is 0.167. The van der Waals surface area contributed by atoms with Gasteiger partial charge in [-0.05, 0) is 23.8 Å². The summed E-state index contributed by atoms with van der Waals surface area (Å²) < 4.78 is 0. The molecule has 1 N–H and O–H groups in total. The van der Waals surface area contributed by atoms with Crippen molar-refractivity contribution in [2.45, 2.75) is 6.54 Å². The second-order valence-electron chi connectivity index (χ2n) is 5.38. The van der Waals surface area contributed by atoms with Crippen LogP contribution in [0.4, 0.5) is 5.82 Å². The molecule has 2 aromatic carbocycles. The summed E-state index contributed by atoms with van der Waals surface area (Å²) in [5.41, 5.74) is 1.92. The molecule has 1 aromatic heterocycles. The molecule has 3 aromatic rings. The number of rotatable bonds is 6. The highest BCUT2D eigenvalue weighted by atomic mass is 35.5. The van der Waals surface area contributed by atoms with Crippen LogP contribution in [0.15, 0.2) is 54.6 Å². The van der Waals surface area contributed by atoms with Gasteiger partial charge in [-0.3, -0.25) is 0 Å². The number of hydrogen-bond donors (Lipinski definition) is 1. The minimum absolute atomic E-state index is 0.0538. The second kappa shape index (κ2) is 7.79. The van der Waals surface area contributed by atoms with Crippen molar-refractivity contribution in [2.75, 3.05) is 18.1 Å². The zero-order valence-corrected chi connectivity index (χ0v) is 14.1. The Balaban J connectivity index is 1.97. The molecule has 0 aliphatic rings. The molecule has 0 saturated heterocycles. The van der Waals surface area contributed by atoms with Crippen molar-refractivity contribution < 1.29 is 5.11 Å². The van der Waals surface area contributed by atoms with Crippen molar-refractivity contribution in [1.82, 2.24) is 15.0 Å². The minimum Gasteiger partial charge on any atom is -0.395 e. The van der Waals surface area contributed by atoms with Gasteiger partial charge in [-0.25, -0.2) is 0 Å². The fourth-order valence-corrected chi connectivity index (χ4v) is 2.67. The lowest BCUT2D eigenvalue weighted by Gasteiger charge is -2.21. The Labute approximate surface area is 150 Å². The van der Waals surface area contributed by atoms with Gasteiger partial charge in [0.2, 0.25) is 5.69 Å². The summed E-state index contributed by atoms with van der Waals surface area (Å²) in [4.78, 5) is 3.22. The highest BCUT2D eigenvalue weighted by molar-refractivity contribution is 6.30. The maximum absolute atomic E-state index is 9.44. The molecular weight excluding hydrogens is 338 g/mol. The van der Waals surface area contributed by atoms with Gasteiger partial charge >= 0.3 is 0 Å². The van der Waals surface area contributed by atoms with E-state index in [4.69, 9.17) is 11.6 Å². The molecule has 6 nitrogen and oxygen atoms in total. The quantitative estimate of drug-likeness (QED) is 0.737. The van der Waals surface area contributed by atoms with Crippen LogP contribution < -0.4 is 4.90 Å². The number of aliphatic hydroxyl groups excluding tert-OH is 1. The number of benzene rings is 2. The number of nitrogens with zero attached hydrogens (tertiary/aromatic N) is 5. The van der Waals surface area contributed by atoms with Crippen LogP contribution in [-0.2, 0) is 6.54 Å². The monoisotopic (exact) mass is 353 g/mol. The topological polar surface area (TPSA) is 78.0 Å².